The Kier molecular flexibility index (Phi) is 4.73. The fraction of sp³-hybridized carbons (Fsp3) is 0.308. The predicted molar refractivity (Wildman–Crippen MR) is 62.9 cm³/mol. The Hall–Kier alpha value is -1.61. The van der Waals surface area contributed by atoms with Gasteiger partial charge in [0.1, 0.15) is 0 Å². The van der Waals surface area contributed by atoms with Crippen molar-refractivity contribution in [1.29, 1.82) is 0 Å². The van der Waals surface area contributed by atoms with E-state index in [0.717, 1.165) is 5.56 Å². The molecule has 0 fully saturated rings. The number of rotatable bonds is 4. The Bertz CT molecular complexity index is 365. The number of hydrogen-bond acceptors (Lipinski definition) is 3. The van der Waals surface area contributed by atoms with E-state index < -0.39 is 12.1 Å². The van der Waals surface area contributed by atoms with Gasteiger partial charge in [-0.15, -0.1) is 0 Å². The van der Waals surface area contributed by atoms with Crippen molar-refractivity contribution in [3.05, 3.63) is 41.5 Å². The first kappa shape index (κ1) is 12.5. The number of carbonyl (C=O) groups is 1. The van der Waals surface area contributed by atoms with Gasteiger partial charge in [-0.05, 0) is 25.5 Å². The average molecular weight is 220 g/mol. The third-order valence-electron chi connectivity index (χ3n) is 2.08. The molecule has 86 valence electrons. The number of ether oxygens (including phenoxy) is 1. The Morgan fingerprint density at radius 1 is 1.44 bits per heavy atom. The van der Waals surface area contributed by atoms with Gasteiger partial charge in [-0.1, -0.05) is 35.9 Å². The SMILES string of the molecule is CCOC(=O)C(O)/C=C/c1ccc(C)cc1. The fourth-order valence-corrected chi connectivity index (χ4v) is 1.19. The fourth-order valence-electron chi connectivity index (χ4n) is 1.19. The molecule has 16 heavy (non-hydrogen) atoms. The van der Waals surface area contributed by atoms with Gasteiger partial charge in [0.15, 0.2) is 6.10 Å². The zero-order valence-electron chi connectivity index (χ0n) is 9.51. The molecular formula is C13H16O3. The van der Waals surface area contributed by atoms with Crippen LogP contribution >= 0.6 is 0 Å². The van der Waals surface area contributed by atoms with Crippen LogP contribution in [0.2, 0.25) is 0 Å². The van der Waals surface area contributed by atoms with Crippen LogP contribution in [0.25, 0.3) is 6.08 Å². The van der Waals surface area contributed by atoms with Gasteiger partial charge in [-0.2, -0.15) is 0 Å². The number of aliphatic hydroxyl groups excluding tert-OH is 1. The molecule has 0 radical (unpaired) electrons. The molecule has 1 atom stereocenters. The summed E-state index contributed by atoms with van der Waals surface area (Å²) in [6.07, 6.45) is 1.92. The molecule has 0 saturated carbocycles. The maximum atomic E-state index is 11.1. The Balaban J connectivity index is 2.59. The smallest absolute Gasteiger partial charge is 0.339 e. The minimum absolute atomic E-state index is 0.272. The monoisotopic (exact) mass is 220 g/mol. The minimum atomic E-state index is -1.19. The van der Waals surface area contributed by atoms with Crippen LogP contribution in [0, 0.1) is 6.92 Å². The molecule has 1 aromatic carbocycles. The lowest BCUT2D eigenvalue weighted by Gasteiger charge is -2.04. The van der Waals surface area contributed by atoms with Gasteiger partial charge in [0.05, 0.1) is 6.61 Å². The molecule has 1 unspecified atom stereocenters. The molecule has 0 aromatic heterocycles. The minimum Gasteiger partial charge on any atom is -0.464 e. The van der Waals surface area contributed by atoms with Gasteiger partial charge in [-0.3, -0.25) is 0 Å². The molecule has 0 heterocycles. The first-order valence-electron chi connectivity index (χ1n) is 5.23. The summed E-state index contributed by atoms with van der Waals surface area (Å²) < 4.78 is 4.67. The third kappa shape index (κ3) is 3.87. The van der Waals surface area contributed by atoms with E-state index in [-0.39, 0.29) is 6.61 Å². The number of aliphatic hydroxyl groups is 1. The van der Waals surface area contributed by atoms with Gasteiger partial charge in [0.2, 0.25) is 0 Å². The summed E-state index contributed by atoms with van der Waals surface area (Å²) >= 11 is 0. The highest BCUT2D eigenvalue weighted by Gasteiger charge is 2.11. The second-order valence-corrected chi connectivity index (χ2v) is 3.47. The zero-order chi connectivity index (χ0) is 12.0. The molecule has 3 nitrogen and oxygen atoms in total. The summed E-state index contributed by atoms with van der Waals surface area (Å²) in [5.41, 5.74) is 2.11. The summed E-state index contributed by atoms with van der Waals surface area (Å²) in [7, 11) is 0. The van der Waals surface area contributed by atoms with E-state index in [0.29, 0.717) is 0 Å². The van der Waals surface area contributed by atoms with Gasteiger partial charge < -0.3 is 9.84 Å². The van der Waals surface area contributed by atoms with Crippen molar-refractivity contribution >= 4 is 12.0 Å². The number of carbonyl (C=O) groups excluding carboxylic acids is 1. The molecule has 3 heteroatoms. The van der Waals surface area contributed by atoms with Gasteiger partial charge in [0, 0.05) is 0 Å². The van der Waals surface area contributed by atoms with Crippen molar-refractivity contribution in [3.8, 4) is 0 Å². The second kappa shape index (κ2) is 6.08. The highest BCUT2D eigenvalue weighted by Crippen LogP contribution is 2.06. The third-order valence-corrected chi connectivity index (χ3v) is 2.08. The number of esters is 1. The van der Waals surface area contributed by atoms with Crippen LogP contribution in [0.15, 0.2) is 30.3 Å². The molecule has 1 aromatic rings. The summed E-state index contributed by atoms with van der Waals surface area (Å²) in [6.45, 7) is 3.98. The van der Waals surface area contributed by atoms with Crippen LogP contribution in [0.4, 0.5) is 0 Å². The number of hydrogen-bond donors (Lipinski definition) is 1. The van der Waals surface area contributed by atoms with Crippen molar-refractivity contribution in [2.24, 2.45) is 0 Å². The number of benzene rings is 1. The van der Waals surface area contributed by atoms with Crippen LogP contribution in [-0.2, 0) is 9.53 Å². The molecule has 1 N–H and O–H groups in total. The Morgan fingerprint density at radius 3 is 2.62 bits per heavy atom. The summed E-state index contributed by atoms with van der Waals surface area (Å²) in [5, 5.41) is 9.40. The van der Waals surface area contributed by atoms with E-state index in [1.165, 1.54) is 11.6 Å². The van der Waals surface area contributed by atoms with Gasteiger partial charge >= 0.3 is 5.97 Å². The Morgan fingerprint density at radius 2 is 2.06 bits per heavy atom. The highest BCUT2D eigenvalue weighted by molar-refractivity contribution is 5.77. The summed E-state index contributed by atoms with van der Waals surface area (Å²) in [6, 6.07) is 7.78. The van der Waals surface area contributed by atoms with E-state index >= 15 is 0 Å². The van der Waals surface area contributed by atoms with Crippen LogP contribution in [0.1, 0.15) is 18.1 Å². The first-order valence-corrected chi connectivity index (χ1v) is 5.23. The highest BCUT2D eigenvalue weighted by atomic mass is 16.5. The standard InChI is InChI=1S/C13H16O3/c1-3-16-13(15)12(14)9-8-11-6-4-10(2)5-7-11/h4-9,12,14H,3H2,1-2H3/b9-8+. The normalized spacial score (nSPS) is 12.7. The van der Waals surface area contributed by atoms with Crippen molar-refractivity contribution in [2.75, 3.05) is 6.61 Å². The lowest BCUT2D eigenvalue weighted by atomic mass is 10.1. The molecule has 1 rings (SSSR count). The van der Waals surface area contributed by atoms with Crippen molar-refractivity contribution in [3.63, 3.8) is 0 Å². The molecule has 0 bridgehead atoms. The molecule has 0 aliphatic rings. The van der Waals surface area contributed by atoms with Crippen LogP contribution in [0.5, 0.6) is 0 Å². The lowest BCUT2D eigenvalue weighted by Crippen LogP contribution is -2.20. The van der Waals surface area contributed by atoms with Crippen LogP contribution in [0.3, 0.4) is 0 Å². The predicted octanol–water partition coefficient (Wildman–Crippen LogP) is 1.93. The molecular weight excluding hydrogens is 204 g/mol. The maximum absolute atomic E-state index is 11.1. The molecule has 0 saturated heterocycles. The Labute approximate surface area is 95.4 Å². The second-order valence-electron chi connectivity index (χ2n) is 3.47. The van der Waals surface area contributed by atoms with Crippen LogP contribution in [-0.4, -0.2) is 23.8 Å². The molecule has 0 aliphatic heterocycles. The van der Waals surface area contributed by atoms with Crippen molar-refractivity contribution in [1.82, 2.24) is 0 Å². The van der Waals surface area contributed by atoms with E-state index in [1.807, 2.05) is 31.2 Å². The first-order chi connectivity index (χ1) is 7.63. The molecule has 0 spiro atoms. The van der Waals surface area contributed by atoms with E-state index in [1.54, 1.807) is 13.0 Å². The van der Waals surface area contributed by atoms with E-state index in [2.05, 4.69) is 4.74 Å². The largest absolute Gasteiger partial charge is 0.464 e. The quantitative estimate of drug-likeness (QED) is 0.789. The van der Waals surface area contributed by atoms with Gasteiger partial charge in [-0.25, -0.2) is 4.79 Å². The van der Waals surface area contributed by atoms with E-state index in [4.69, 9.17) is 0 Å². The maximum Gasteiger partial charge on any atom is 0.339 e. The average Bonchev–Trinajstić information content (AvgIpc) is 2.28. The summed E-state index contributed by atoms with van der Waals surface area (Å²) in [5.74, 6) is -0.620. The lowest BCUT2D eigenvalue weighted by molar-refractivity contribution is -0.150. The zero-order valence-corrected chi connectivity index (χ0v) is 9.51. The van der Waals surface area contributed by atoms with Gasteiger partial charge in [0.25, 0.3) is 0 Å². The van der Waals surface area contributed by atoms with Crippen LogP contribution < -0.4 is 0 Å². The molecule has 0 amide bonds. The van der Waals surface area contributed by atoms with Crippen molar-refractivity contribution < 1.29 is 14.6 Å². The molecule has 0 aliphatic carbocycles. The topological polar surface area (TPSA) is 46.5 Å². The van der Waals surface area contributed by atoms with Crippen molar-refractivity contribution in [2.45, 2.75) is 20.0 Å². The number of aryl methyl sites for hydroxylation is 1. The summed E-state index contributed by atoms with van der Waals surface area (Å²) in [4.78, 5) is 11.1. The van der Waals surface area contributed by atoms with E-state index in [9.17, 15) is 9.90 Å².